The largest absolute Gasteiger partial charge is 0.361 e. The van der Waals surface area contributed by atoms with Gasteiger partial charge >= 0.3 is 0 Å². The molecule has 0 saturated heterocycles. The summed E-state index contributed by atoms with van der Waals surface area (Å²) < 4.78 is 5.17. The van der Waals surface area contributed by atoms with E-state index >= 15 is 0 Å². The maximum Gasteiger partial charge on any atom is 0.230 e. The number of benzene rings is 1. The number of hydrogen-bond acceptors (Lipinski definition) is 3. The molecule has 1 atom stereocenters. The zero-order chi connectivity index (χ0) is 13.9. The average Bonchev–Trinajstić information content (AvgIpc) is 2.96. The number of rotatable bonds is 3. The highest BCUT2D eigenvalue weighted by molar-refractivity contribution is 5.83. The summed E-state index contributed by atoms with van der Waals surface area (Å²) in [6.07, 6.45) is 3.29. The van der Waals surface area contributed by atoms with E-state index in [1.54, 1.807) is 6.20 Å². The molecule has 0 radical (unpaired) electrons. The molecule has 1 unspecified atom stereocenters. The number of nitrogens with zero attached hydrogens (tertiary/aromatic N) is 2. The average molecular weight is 270 g/mol. The van der Waals surface area contributed by atoms with Crippen LogP contribution in [0.4, 0.5) is 0 Å². The van der Waals surface area contributed by atoms with Crippen LogP contribution < -0.4 is 0 Å². The van der Waals surface area contributed by atoms with Gasteiger partial charge in [-0.25, -0.2) is 0 Å². The quantitative estimate of drug-likeness (QED) is 0.861. The van der Waals surface area contributed by atoms with E-state index in [-0.39, 0.29) is 11.8 Å². The third-order valence-electron chi connectivity index (χ3n) is 3.92. The van der Waals surface area contributed by atoms with E-state index in [2.05, 4.69) is 12.1 Å². The predicted octanol–water partition coefficient (Wildman–Crippen LogP) is 2.75. The van der Waals surface area contributed by atoms with Crippen LogP contribution in [0.5, 0.6) is 0 Å². The molecule has 104 valence electrons. The molecule has 1 aromatic heterocycles. The Balaban J connectivity index is 1.78. The Morgan fingerprint density at radius 3 is 2.95 bits per heavy atom. The summed E-state index contributed by atoms with van der Waals surface area (Å²) in [5.74, 6) is 1.06. The van der Waals surface area contributed by atoms with Gasteiger partial charge in [0.1, 0.15) is 5.76 Å². The minimum absolute atomic E-state index is 0.0578. The van der Waals surface area contributed by atoms with Crippen molar-refractivity contribution in [2.75, 3.05) is 6.54 Å². The molecular weight excluding hydrogens is 252 g/mol. The highest BCUT2D eigenvalue weighted by Crippen LogP contribution is 2.26. The first-order chi connectivity index (χ1) is 9.79. The summed E-state index contributed by atoms with van der Waals surface area (Å²) in [6.45, 7) is 3.38. The first kappa shape index (κ1) is 12.9. The van der Waals surface area contributed by atoms with Gasteiger partial charge in [0.15, 0.2) is 0 Å². The summed E-state index contributed by atoms with van der Waals surface area (Å²) in [7, 11) is 0. The molecular formula is C16H18N2O2. The van der Waals surface area contributed by atoms with Gasteiger partial charge in [0.25, 0.3) is 0 Å². The molecule has 0 bridgehead atoms. The molecule has 2 aromatic rings. The molecule has 1 aliphatic heterocycles. The maximum atomic E-state index is 12.7. The molecule has 20 heavy (non-hydrogen) atoms. The number of aromatic nitrogens is 1. The van der Waals surface area contributed by atoms with Crippen molar-refractivity contribution in [1.29, 1.82) is 0 Å². The normalized spacial score (nSPS) is 15.8. The van der Waals surface area contributed by atoms with Gasteiger partial charge in [0.2, 0.25) is 5.91 Å². The van der Waals surface area contributed by atoms with Crippen molar-refractivity contribution in [1.82, 2.24) is 10.1 Å². The fraction of sp³-hybridized carbons (Fsp3) is 0.375. The Hall–Kier alpha value is -2.10. The summed E-state index contributed by atoms with van der Waals surface area (Å²) in [5, 5.41) is 3.81. The van der Waals surface area contributed by atoms with Gasteiger partial charge in [-0.2, -0.15) is 0 Å². The zero-order valence-electron chi connectivity index (χ0n) is 11.6. The van der Waals surface area contributed by atoms with Crippen LogP contribution in [0.2, 0.25) is 0 Å². The monoisotopic (exact) mass is 270 g/mol. The molecule has 4 heteroatoms. The van der Waals surface area contributed by atoms with Crippen molar-refractivity contribution >= 4 is 5.91 Å². The van der Waals surface area contributed by atoms with Crippen molar-refractivity contribution in [3.8, 4) is 0 Å². The Morgan fingerprint density at radius 1 is 1.40 bits per heavy atom. The van der Waals surface area contributed by atoms with Crippen LogP contribution in [0.25, 0.3) is 0 Å². The smallest absolute Gasteiger partial charge is 0.230 e. The van der Waals surface area contributed by atoms with Crippen molar-refractivity contribution in [3.05, 3.63) is 53.4 Å². The van der Waals surface area contributed by atoms with Crippen LogP contribution in [0.3, 0.4) is 0 Å². The van der Waals surface area contributed by atoms with Crippen LogP contribution >= 0.6 is 0 Å². The van der Waals surface area contributed by atoms with Gasteiger partial charge < -0.3 is 9.42 Å². The molecule has 1 aromatic carbocycles. The molecule has 2 heterocycles. The van der Waals surface area contributed by atoms with E-state index in [9.17, 15) is 4.79 Å². The van der Waals surface area contributed by atoms with Gasteiger partial charge in [0, 0.05) is 18.5 Å². The molecule has 4 nitrogen and oxygen atoms in total. The Kier molecular flexibility index (Phi) is 3.54. The fourth-order valence-corrected chi connectivity index (χ4v) is 2.79. The third kappa shape index (κ3) is 2.33. The molecule has 0 N–H and O–H groups in total. The maximum absolute atomic E-state index is 12.7. The van der Waals surface area contributed by atoms with Crippen molar-refractivity contribution in [2.24, 2.45) is 0 Å². The minimum Gasteiger partial charge on any atom is -0.361 e. The van der Waals surface area contributed by atoms with Crippen LogP contribution in [0.1, 0.15) is 36.1 Å². The second-order valence-electron chi connectivity index (χ2n) is 5.16. The van der Waals surface area contributed by atoms with E-state index in [0.29, 0.717) is 13.1 Å². The zero-order valence-corrected chi connectivity index (χ0v) is 11.6. The lowest BCUT2D eigenvalue weighted by molar-refractivity contribution is -0.133. The SMILES string of the molecule is CCC(C(=O)N1CCc2oncc2C1)c1ccccc1. The number of fused-ring (bicyclic) bond motifs is 1. The summed E-state index contributed by atoms with van der Waals surface area (Å²) in [6, 6.07) is 10.0. The summed E-state index contributed by atoms with van der Waals surface area (Å²) in [5.41, 5.74) is 2.13. The number of amides is 1. The lowest BCUT2D eigenvalue weighted by Crippen LogP contribution is -2.38. The molecule has 0 aliphatic carbocycles. The first-order valence-electron chi connectivity index (χ1n) is 7.05. The van der Waals surface area contributed by atoms with Gasteiger partial charge in [-0.1, -0.05) is 42.4 Å². The molecule has 3 rings (SSSR count). The lowest BCUT2D eigenvalue weighted by atomic mass is 9.94. The van der Waals surface area contributed by atoms with Crippen molar-refractivity contribution in [2.45, 2.75) is 32.2 Å². The molecule has 0 spiro atoms. The van der Waals surface area contributed by atoms with Crippen molar-refractivity contribution < 1.29 is 9.32 Å². The summed E-state index contributed by atoms with van der Waals surface area (Å²) >= 11 is 0. The molecule has 0 saturated carbocycles. The van der Waals surface area contributed by atoms with E-state index in [0.717, 1.165) is 29.7 Å². The lowest BCUT2D eigenvalue weighted by Gasteiger charge is -2.29. The fourth-order valence-electron chi connectivity index (χ4n) is 2.79. The van der Waals surface area contributed by atoms with Gasteiger partial charge in [0.05, 0.1) is 18.7 Å². The highest BCUT2D eigenvalue weighted by Gasteiger charge is 2.28. The third-order valence-corrected chi connectivity index (χ3v) is 3.92. The van der Waals surface area contributed by atoms with E-state index < -0.39 is 0 Å². The molecule has 1 amide bonds. The second-order valence-corrected chi connectivity index (χ2v) is 5.16. The van der Waals surface area contributed by atoms with Crippen LogP contribution in [0.15, 0.2) is 41.1 Å². The van der Waals surface area contributed by atoms with Gasteiger partial charge in [-0.15, -0.1) is 0 Å². The van der Waals surface area contributed by atoms with Crippen LogP contribution in [0, 0.1) is 0 Å². The second kappa shape index (κ2) is 5.49. The topological polar surface area (TPSA) is 46.3 Å². The van der Waals surface area contributed by atoms with Crippen molar-refractivity contribution in [3.63, 3.8) is 0 Å². The van der Waals surface area contributed by atoms with E-state index in [1.807, 2.05) is 35.2 Å². The number of carbonyl (C=O) groups excluding carboxylic acids is 1. The van der Waals surface area contributed by atoms with E-state index in [1.165, 1.54) is 0 Å². The van der Waals surface area contributed by atoms with Crippen LogP contribution in [-0.2, 0) is 17.8 Å². The van der Waals surface area contributed by atoms with Crippen LogP contribution in [-0.4, -0.2) is 22.5 Å². The molecule has 0 fully saturated rings. The standard InChI is InChI=1S/C16H18N2O2/c1-2-14(12-6-4-3-5-7-12)16(19)18-9-8-15-13(11-18)10-17-20-15/h3-7,10,14H,2,8-9,11H2,1H3. The van der Waals surface area contributed by atoms with E-state index in [4.69, 9.17) is 4.52 Å². The Morgan fingerprint density at radius 2 is 2.20 bits per heavy atom. The van der Waals surface area contributed by atoms with Gasteiger partial charge in [-0.05, 0) is 12.0 Å². The Bertz CT molecular complexity index is 592. The minimum atomic E-state index is -0.0578. The summed E-state index contributed by atoms with van der Waals surface area (Å²) in [4.78, 5) is 14.7. The molecule has 1 aliphatic rings. The Labute approximate surface area is 118 Å². The predicted molar refractivity (Wildman–Crippen MR) is 75.1 cm³/mol. The number of hydrogen-bond donors (Lipinski definition) is 0. The van der Waals surface area contributed by atoms with Gasteiger partial charge in [-0.3, -0.25) is 4.79 Å². The number of carbonyl (C=O) groups is 1. The highest BCUT2D eigenvalue weighted by atomic mass is 16.5. The first-order valence-corrected chi connectivity index (χ1v) is 7.05.